The fourth-order valence-electron chi connectivity index (χ4n) is 1.65. The SMILES string of the molecule is CC(C)N(CCC#N)Cc1cccc(N)c1F. The van der Waals surface area contributed by atoms with E-state index in [0.29, 0.717) is 25.1 Å². The molecule has 0 fully saturated rings. The number of nitrogens with two attached hydrogens (primary N) is 1. The Hall–Kier alpha value is -1.60. The summed E-state index contributed by atoms with van der Waals surface area (Å²) in [4.78, 5) is 2.06. The van der Waals surface area contributed by atoms with Crippen LogP contribution in [0.15, 0.2) is 18.2 Å². The first-order valence-electron chi connectivity index (χ1n) is 5.70. The lowest BCUT2D eigenvalue weighted by atomic mass is 10.1. The molecule has 0 aliphatic rings. The first-order chi connectivity index (χ1) is 8.06. The molecule has 0 bridgehead atoms. The van der Waals surface area contributed by atoms with Crippen LogP contribution in [0.3, 0.4) is 0 Å². The molecule has 4 heteroatoms. The van der Waals surface area contributed by atoms with E-state index < -0.39 is 0 Å². The summed E-state index contributed by atoms with van der Waals surface area (Å²) in [6.07, 6.45) is 0.447. The molecule has 0 aliphatic carbocycles. The molecule has 2 N–H and O–H groups in total. The van der Waals surface area contributed by atoms with Crippen molar-refractivity contribution in [3.05, 3.63) is 29.6 Å². The third kappa shape index (κ3) is 3.72. The second kappa shape index (κ2) is 6.21. The lowest BCUT2D eigenvalue weighted by molar-refractivity contribution is 0.215. The van der Waals surface area contributed by atoms with E-state index in [9.17, 15) is 4.39 Å². The highest BCUT2D eigenvalue weighted by atomic mass is 19.1. The number of nitrogens with zero attached hydrogens (tertiary/aromatic N) is 2. The van der Waals surface area contributed by atoms with Crippen LogP contribution in [0.25, 0.3) is 0 Å². The van der Waals surface area contributed by atoms with Crippen LogP contribution in [0.2, 0.25) is 0 Å². The van der Waals surface area contributed by atoms with Gasteiger partial charge in [0.15, 0.2) is 5.82 Å². The highest BCUT2D eigenvalue weighted by Gasteiger charge is 2.13. The minimum absolute atomic E-state index is 0.173. The van der Waals surface area contributed by atoms with E-state index in [1.54, 1.807) is 18.2 Å². The largest absolute Gasteiger partial charge is 0.396 e. The molecule has 17 heavy (non-hydrogen) atoms. The first kappa shape index (κ1) is 13.5. The van der Waals surface area contributed by atoms with E-state index in [0.717, 1.165) is 0 Å². The molecule has 0 aliphatic heterocycles. The number of nitriles is 1. The van der Waals surface area contributed by atoms with Gasteiger partial charge in [0.2, 0.25) is 0 Å². The highest BCUT2D eigenvalue weighted by molar-refractivity contribution is 5.42. The summed E-state index contributed by atoms with van der Waals surface area (Å²) in [7, 11) is 0. The normalized spacial score (nSPS) is 10.8. The Morgan fingerprint density at radius 3 is 2.76 bits per heavy atom. The lowest BCUT2D eigenvalue weighted by Crippen LogP contribution is -2.31. The molecule has 0 atom stereocenters. The molecule has 0 saturated heterocycles. The van der Waals surface area contributed by atoms with E-state index in [1.165, 1.54) is 0 Å². The standard InChI is InChI=1S/C13H18FN3/c1-10(2)17(8-4-7-15)9-11-5-3-6-12(16)13(11)14/h3,5-6,10H,4,8-9,16H2,1-2H3. The number of benzene rings is 1. The van der Waals surface area contributed by atoms with Crippen molar-refractivity contribution >= 4 is 5.69 Å². The second-order valence-corrected chi connectivity index (χ2v) is 4.29. The number of hydrogen-bond acceptors (Lipinski definition) is 3. The third-order valence-corrected chi connectivity index (χ3v) is 2.72. The van der Waals surface area contributed by atoms with Gasteiger partial charge >= 0.3 is 0 Å². The van der Waals surface area contributed by atoms with E-state index in [4.69, 9.17) is 11.0 Å². The van der Waals surface area contributed by atoms with Crippen molar-refractivity contribution < 1.29 is 4.39 Å². The van der Waals surface area contributed by atoms with Crippen LogP contribution < -0.4 is 5.73 Å². The molecule has 0 radical (unpaired) electrons. The van der Waals surface area contributed by atoms with Crippen molar-refractivity contribution in [1.82, 2.24) is 4.90 Å². The maximum atomic E-state index is 13.7. The number of rotatable bonds is 5. The van der Waals surface area contributed by atoms with Gasteiger partial charge < -0.3 is 5.73 Å². The fraction of sp³-hybridized carbons (Fsp3) is 0.462. The second-order valence-electron chi connectivity index (χ2n) is 4.29. The van der Waals surface area contributed by atoms with Crippen molar-refractivity contribution in [2.45, 2.75) is 32.9 Å². The highest BCUT2D eigenvalue weighted by Crippen LogP contribution is 2.17. The Balaban J connectivity index is 2.79. The zero-order valence-electron chi connectivity index (χ0n) is 10.3. The third-order valence-electron chi connectivity index (χ3n) is 2.72. The molecule has 3 nitrogen and oxygen atoms in total. The van der Waals surface area contributed by atoms with Crippen LogP contribution in [0.1, 0.15) is 25.8 Å². The lowest BCUT2D eigenvalue weighted by Gasteiger charge is -2.25. The minimum Gasteiger partial charge on any atom is -0.396 e. The van der Waals surface area contributed by atoms with Gasteiger partial charge in [-0.05, 0) is 19.9 Å². The maximum absolute atomic E-state index is 13.7. The fourth-order valence-corrected chi connectivity index (χ4v) is 1.65. The molecule has 92 valence electrons. The van der Waals surface area contributed by atoms with Crippen LogP contribution in [-0.2, 0) is 6.54 Å². The Morgan fingerprint density at radius 1 is 1.47 bits per heavy atom. The molecule has 1 rings (SSSR count). The molecule has 0 saturated carbocycles. The molecule has 0 aromatic heterocycles. The zero-order valence-corrected chi connectivity index (χ0v) is 10.3. The summed E-state index contributed by atoms with van der Waals surface area (Å²) in [5.74, 6) is -0.352. The number of anilines is 1. The number of halogens is 1. The van der Waals surface area contributed by atoms with Crippen molar-refractivity contribution in [3.8, 4) is 6.07 Å². The summed E-state index contributed by atoms with van der Waals surface area (Å²) in [5.41, 5.74) is 6.28. The van der Waals surface area contributed by atoms with Gasteiger partial charge in [0.25, 0.3) is 0 Å². The first-order valence-corrected chi connectivity index (χ1v) is 5.70. The van der Waals surface area contributed by atoms with Crippen LogP contribution in [0, 0.1) is 17.1 Å². The number of nitrogen functional groups attached to an aromatic ring is 1. The molecule has 0 spiro atoms. The van der Waals surface area contributed by atoms with Gasteiger partial charge in [-0.1, -0.05) is 12.1 Å². The Bertz CT molecular complexity index is 410. The van der Waals surface area contributed by atoms with Crippen LogP contribution in [0.5, 0.6) is 0 Å². The van der Waals surface area contributed by atoms with Gasteiger partial charge in [-0.25, -0.2) is 4.39 Å². The van der Waals surface area contributed by atoms with E-state index >= 15 is 0 Å². The minimum atomic E-state index is -0.352. The van der Waals surface area contributed by atoms with E-state index in [1.807, 2.05) is 13.8 Å². The van der Waals surface area contributed by atoms with Crippen molar-refractivity contribution in [2.75, 3.05) is 12.3 Å². The summed E-state index contributed by atoms with van der Waals surface area (Å²) in [6, 6.07) is 7.40. The van der Waals surface area contributed by atoms with Crippen molar-refractivity contribution in [1.29, 1.82) is 5.26 Å². The van der Waals surface area contributed by atoms with Gasteiger partial charge in [0.05, 0.1) is 11.8 Å². The Morgan fingerprint density at radius 2 is 2.18 bits per heavy atom. The van der Waals surface area contributed by atoms with Crippen LogP contribution >= 0.6 is 0 Å². The van der Waals surface area contributed by atoms with Gasteiger partial charge in [-0.2, -0.15) is 5.26 Å². The Kier molecular flexibility index (Phi) is 4.92. The van der Waals surface area contributed by atoms with Crippen molar-refractivity contribution in [2.24, 2.45) is 0 Å². The van der Waals surface area contributed by atoms with Crippen LogP contribution in [-0.4, -0.2) is 17.5 Å². The number of hydrogen-bond donors (Lipinski definition) is 1. The molecular weight excluding hydrogens is 217 g/mol. The zero-order chi connectivity index (χ0) is 12.8. The predicted octanol–water partition coefficient (Wildman–Crippen LogP) is 2.53. The summed E-state index contributed by atoms with van der Waals surface area (Å²) in [5, 5.41) is 8.59. The van der Waals surface area contributed by atoms with E-state index in [2.05, 4.69) is 11.0 Å². The predicted molar refractivity (Wildman–Crippen MR) is 66.6 cm³/mol. The monoisotopic (exact) mass is 235 g/mol. The topological polar surface area (TPSA) is 53.0 Å². The molecule has 0 unspecified atom stereocenters. The molecule has 1 aromatic rings. The van der Waals surface area contributed by atoms with Crippen LogP contribution in [0.4, 0.5) is 10.1 Å². The molecule has 0 amide bonds. The average molecular weight is 235 g/mol. The molecule has 1 aromatic carbocycles. The molecular formula is C13H18FN3. The summed E-state index contributed by atoms with van der Waals surface area (Å²) in [6.45, 7) is 5.18. The smallest absolute Gasteiger partial charge is 0.150 e. The summed E-state index contributed by atoms with van der Waals surface area (Å²) >= 11 is 0. The summed E-state index contributed by atoms with van der Waals surface area (Å²) < 4.78 is 13.7. The average Bonchev–Trinajstić information content (AvgIpc) is 2.29. The van der Waals surface area contributed by atoms with Gasteiger partial charge in [0, 0.05) is 31.1 Å². The van der Waals surface area contributed by atoms with E-state index in [-0.39, 0.29) is 17.5 Å². The van der Waals surface area contributed by atoms with Gasteiger partial charge in [-0.15, -0.1) is 0 Å². The quantitative estimate of drug-likeness (QED) is 0.798. The Labute approximate surface area is 102 Å². The maximum Gasteiger partial charge on any atom is 0.150 e. The molecule has 0 heterocycles. The van der Waals surface area contributed by atoms with Crippen molar-refractivity contribution in [3.63, 3.8) is 0 Å². The van der Waals surface area contributed by atoms with Gasteiger partial charge in [0.1, 0.15) is 0 Å². The van der Waals surface area contributed by atoms with Gasteiger partial charge in [-0.3, -0.25) is 4.90 Å².